The molecular formula is C22H21ClFN5S. The van der Waals surface area contributed by atoms with Crippen LogP contribution in [0.2, 0.25) is 5.15 Å². The molecule has 0 aliphatic rings. The SMILES string of the molecule is C=C(F)/C=C\C(=C)C(C)Nc1ncnc2ccc(-c3cnc(Cl)c(NSC)c3)cc12. The smallest absolute Gasteiger partial charge is 0.152 e. The van der Waals surface area contributed by atoms with Gasteiger partial charge in [-0.2, -0.15) is 0 Å². The average molecular weight is 442 g/mol. The third kappa shape index (κ3) is 5.17. The van der Waals surface area contributed by atoms with Crippen LogP contribution in [0.5, 0.6) is 0 Å². The van der Waals surface area contributed by atoms with E-state index in [4.69, 9.17) is 11.6 Å². The van der Waals surface area contributed by atoms with Crippen molar-refractivity contribution in [3.63, 3.8) is 0 Å². The fourth-order valence-electron chi connectivity index (χ4n) is 2.78. The molecule has 0 amide bonds. The fraction of sp³-hybridized carbons (Fsp3) is 0.136. The first-order valence-electron chi connectivity index (χ1n) is 9.06. The molecular weight excluding hydrogens is 421 g/mol. The van der Waals surface area contributed by atoms with Crippen LogP contribution in [0.3, 0.4) is 0 Å². The van der Waals surface area contributed by atoms with Gasteiger partial charge in [-0.3, -0.25) is 0 Å². The number of anilines is 2. The predicted octanol–water partition coefficient (Wildman–Crippen LogP) is 6.43. The van der Waals surface area contributed by atoms with Crippen molar-refractivity contribution in [1.29, 1.82) is 0 Å². The summed E-state index contributed by atoms with van der Waals surface area (Å²) in [5, 5.41) is 4.58. The van der Waals surface area contributed by atoms with Gasteiger partial charge in [0, 0.05) is 29.4 Å². The highest BCUT2D eigenvalue weighted by atomic mass is 35.5. The fourth-order valence-corrected chi connectivity index (χ4v) is 3.36. The van der Waals surface area contributed by atoms with Crippen LogP contribution in [0.25, 0.3) is 22.0 Å². The minimum atomic E-state index is -0.521. The first kappa shape index (κ1) is 21.8. The van der Waals surface area contributed by atoms with Gasteiger partial charge < -0.3 is 10.0 Å². The molecule has 0 aliphatic carbocycles. The molecule has 3 aromatic rings. The van der Waals surface area contributed by atoms with Gasteiger partial charge in [-0.25, -0.2) is 19.3 Å². The Morgan fingerprint density at radius 1 is 1.17 bits per heavy atom. The number of hydrogen-bond donors (Lipinski definition) is 2. The van der Waals surface area contributed by atoms with Gasteiger partial charge in [0.05, 0.1) is 11.2 Å². The molecule has 3 rings (SSSR count). The molecule has 2 aromatic heterocycles. The predicted molar refractivity (Wildman–Crippen MR) is 127 cm³/mol. The first-order chi connectivity index (χ1) is 14.4. The van der Waals surface area contributed by atoms with E-state index in [2.05, 4.69) is 38.1 Å². The molecule has 5 nitrogen and oxygen atoms in total. The van der Waals surface area contributed by atoms with E-state index in [0.29, 0.717) is 16.5 Å². The summed E-state index contributed by atoms with van der Waals surface area (Å²) in [6, 6.07) is 7.69. The summed E-state index contributed by atoms with van der Waals surface area (Å²) < 4.78 is 16.0. The van der Waals surface area contributed by atoms with Gasteiger partial charge in [-0.05, 0) is 42.3 Å². The number of benzene rings is 1. The lowest BCUT2D eigenvalue weighted by Crippen LogP contribution is -2.17. The second-order valence-electron chi connectivity index (χ2n) is 6.54. The van der Waals surface area contributed by atoms with Crippen LogP contribution in [0.15, 0.2) is 73.5 Å². The highest BCUT2D eigenvalue weighted by Crippen LogP contribution is 2.31. The summed E-state index contributed by atoms with van der Waals surface area (Å²) in [6.45, 7) is 9.12. The van der Waals surface area contributed by atoms with Crippen molar-refractivity contribution >= 4 is 46.0 Å². The lowest BCUT2D eigenvalue weighted by Gasteiger charge is -2.16. The summed E-state index contributed by atoms with van der Waals surface area (Å²) >= 11 is 7.60. The normalized spacial score (nSPS) is 12.1. The Morgan fingerprint density at radius 3 is 2.70 bits per heavy atom. The third-order valence-corrected chi connectivity index (χ3v) is 5.13. The second-order valence-corrected chi connectivity index (χ2v) is 7.51. The highest BCUT2D eigenvalue weighted by molar-refractivity contribution is 7.99. The summed E-state index contributed by atoms with van der Waals surface area (Å²) in [7, 11) is 0. The van der Waals surface area contributed by atoms with E-state index in [0.717, 1.165) is 27.7 Å². The first-order valence-corrected chi connectivity index (χ1v) is 10.7. The van der Waals surface area contributed by atoms with Gasteiger partial charge in [-0.15, -0.1) is 0 Å². The van der Waals surface area contributed by atoms with E-state index in [1.165, 1.54) is 24.4 Å². The number of aromatic nitrogens is 3. The number of hydrogen-bond acceptors (Lipinski definition) is 6. The minimum Gasteiger partial charge on any atom is -0.363 e. The summed E-state index contributed by atoms with van der Waals surface area (Å²) in [4.78, 5) is 13.0. The molecule has 2 N–H and O–H groups in total. The topological polar surface area (TPSA) is 62.7 Å². The van der Waals surface area contributed by atoms with Crippen LogP contribution in [-0.4, -0.2) is 27.2 Å². The van der Waals surface area contributed by atoms with Crippen LogP contribution in [0, 0.1) is 0 Å². The number of fused-ring (bicyclic) bond motifs is 1. The third-order valence-electron chi connectivity index (χ3n) is 4.41. The monoisotopic (exact) mass is 441 g/mol. The van der Waals surface area contributed by atoms with Gasteiger partial charge in [-0.1, -0.05) is 48.8 Å². The van der Waals surface area contributed by atoms with Crippen LogP contribution < -0.4 is 10.0 Å². The van der Waals surface area contributed by atoms with Gasteiger partial charge >= 0.3 is 0 Å². The van der Waals surface area contributed by atoms with E-state index in [-0.39, 0.29) is 6.04 Å². The summed E-state index contributed by atoms with van der Waals surface area (Å²) in [6.07, 6.45) is 8.02. The zero-order chi connectivity index (χ0) is 21.7. The maximum Gasteiger partial charge on any atom is 0.152 e. The molecule has 1 aromatic carbocycles. The number of nitrogens with one attached hydrogen (secondary N) is 2. The lowest BCUT2D eigenvalue weighted by atomic mass is 10.0. The quantitative estimate of drug-likeness (QED) is 0.238. The van der Waals surface area contributed by atoms with Crippen LogP contribution >= 0.6 is 23.5 Å². The van der Waals surface area contributed by atoms with Gasteiger partial charge in [0.25, 0.3) is 0 Å². The maximum absolute atomic E-state index is 12.9. The summed E-state index contributed by atoms with van der Waals surface area (Å²) in [5.74, 6) is 0.139. The van der Waals surface area contributed by atoms with E-state index < -0.39 is 5.83 Å². The molecule has 0 fully saturated rings. The largest absolute Gasteiger partial charge is 0.363 e. The van der Waals surface area contributed by atoms with Crippen molar-refractivity contribution in [3.05, 3.63) is 78.7 Å². The van der Waals surface area contributed by atoms with E-state index in [9.17, 15) is 4.39 Å². The number of pyridine rings is 1. The number of rotatable bonds is 8. The number of nitrogens with zero attached hydrogens (tertiary/aromatic N) is 3. The minimum absolute atomic E-state index is 0.170. The van der Waals surface area contributed by atoms with Crippen LogP contribution in [0.4, 0.5) is 15.9 Å². The lowest BCUT2D eigenvalue weighted by molar-refractivity contribution is 0.671. The molecule has 0 saturated carbocycles. The number of halogens is 2. The van der Waals surface area contributed by atoms with E-state index >= 15 is 0 Å². The van der Waals surface area contributed by atoms with Crippen LogP contribution in [0.1, 0.15) is 6.92 Å². The van der Waals surface area contributed by atoms with Gasteiger partial charge in [0.2, 0.25) is 0 Å². The molecule has 30 heavy (non-hydrogen) atoms. The van der Waals surface area contributed by atoms with Crippen LogP contribution in [-0.2, 0) is 0 Å². The summed E-state index contributed by atoms with van der Waals surface area (Å²) in [5.41, 5.74) is 4.11. The Bertz CT molecular complexity index is 1130. The Labute approximate surface area is 184 Å². The highest BCUT2D eigenvalue weighted by Gasteiger charge is 2.11. The van der Waals surface area contributed by atoms with Crippen molar-refractivity contribution < 1.29 is 4.39 Å². The van der Waals surface area contributed by atoms with Crippen molar-refractivity contribution in [1.82, 2.24) is 15.0 Å². The Kier molecular flexibility index (Phi) is 7.07. The van der Waals surface area contributed by atoms with Gasteiger partial charge in [0.1, 0.15) is 18.0 Å². The zero-order valence-corrected chi connectivity index (χ0v) is 18.2. The van der Waals surface area contributed by atoms with E-state index in [1.807, 2.05) is 37.4 Å². The molecule has 1 unspecified atom stereocenters. The molecule has 154 valence electrons. The van der Waals surface area contributed by atoms with Gasteiger partial charge in [0.15, 0.2) is 5.15 Å². The Morgan fingerprint density at radius 2 is 1.97 bits per heavy atom. The van der Waals surface area contributed by atoms with E-state index in [1.54, 1.807) is 12.3 Å². The maximum atomic E-state index is 12.9. The molecule has 0 radical (unpaired) electrons. The van der Waals surface area contributed by atoms with Crippen molar-refractivity contribution in [2.45, 2.75) is 13.0 Å². The molecule has 0 saturated heterocycles. The molecule has 8 heteroatoms. The molecule has 0 aliphatic heterocycles. The average Bonchev–Trinajstić information content (AvgIpc) is 2.73. The van der Waals surface area contributed by atoms with Crippen molar-refractivity contribution in [2.24, 2.45) is 0 Å². The molecule has 2 heterocycles. The second kappa shape index (κ2) is 9.73. The molecule has 1 atom stereocenters. The standard InChI is InChI=1S/C22H21ClFN5S/c1-13(5-6-14(2)24)15(3)28-22-18-9-16(7-8-19(18)26-12-27-22)17-10-20(29-30-4)21(23)25-11-17/h5-12,15,29H,1-2H2,3-4H3,(H,26,27,28)/b6-5-. The molecule has 0 spiro atoms. The van der Waals surface area contributed by atoms with Crippen molar-refractivity contribution in [2.75, 3.05) is 16.3 Å². The van der Waals surface area contributed by atoms with Crippen molar-refractivity contribution in [3.8, 4) is 11.1 Å². The number of allylic oxidation sites excluding steroid dienone is 2. The Hall–Kier alpha value is -2.90. The molecule has 0 bridgehead atoms. The zero-order valence-electron chi connectivity index (χ0n) is 16.6. The Balaban J connectivity index is 1.95.